The van der Waals surface area contributed by atoms with Gasteiger partial charge in [-0.15, -0.1) is 0 Å². The predicted octanol–water partition coefficient (Wildman–Crippen LogP) is 3.36. The van der Waals surface area contributed by atoms with Crippen LogP contribution in [0.4, 0.5) is 5.69 Å². The molecule has 1 aromatic heterocycles. The van der Waals surface area contributed by atoms with Crippen molar-refractivity contribution in [3.05, 3.63) is 53.2 Å². The summed E-state index contributed by atoms with van der Waals surface area (Å²) in [5.41, 5.74) is 1.82. The van der Waals surface area contributed by atoms with Gasteiger partial charge in [-0.05, 0) is 57.7 Å². The molecular formula is C11H9I2N3O2. The first kappa shape index (κ1) is 13.7. The molecule has 0 N–H and O–H groups in total. The van der Waals surface area contributed by atoms with Gasteiger partial charge in [-0.1, -0.05) is 12.1 Å². The minimum Gasteiger partial charge on any atom is -0.321 e. The Morgan fingerprint density at radius 3 is 2.72 bits per heavy atom. The van der Waals surface area contributed by atoms with E-state index in [2.05, 4.69) is 50.2 Å². The van der Waals surface area contributed by atoms with Gasteiger partial charge in [0.05, 0.1) is 17.8 Å². The van der Waals surface area contributed by atoms with E-state index in [0.717, 1.165) is 13.0 Å². The third kappa shape index (κ3) is 2.66. The Hall–Kier alpha value is -0.710. The molecule has 0 spiro atoms. The smallest absolute Gasteiger partial charge is 0.272 e. The maximum atomic E-state index is 10.9. The van der Waals surface area contributed by atoms with Crippen LogP contribution in [-0.4, -0.2) is 14.5 Å². The number of halogens is 2. The van der Waals surface area contributed by atoms with Crippen molar-refractivity contribution in [1.29, 1.82) is 0 Å². The van der Waals surface area contributed by atoms with Crippen molar-refractivity contribution in [2.75, 3.05) is 0 Å². The van der Waals surface area contributed by atoms with E-state index < -0.39 is 0 Å². The number of aromatic nitrogens is 2. The van der Waals surface area contributed by atoms with Gasteiger partial charge in [-0.2, -0.15) is 0 Å². The van der Waals surface area contributed by atoms with Crippen molar-refractivity contribution in [1.82, 2.24) is 9.55 Å². The van der Waals surface area contributed by atoms with Crippen LogP contribution in [0, 0.1) is 24.4 Å². The van der Waals surface area contributed by atoms with E-state index in [1.54, 1.807) is 19.3 Å². The first-order valence-electron chi connectivity index (χ1n) is 5.09. The largest absolute Gasteiger partial charge is 0.321 e. The lowest BCUT2D eigenvalue weighted by Gasteiger charge is -2.08. The maximum absolute atomic E-state index is 10.9. The number of rotatable bonds is 3. The number of imidazole rings is 1. The lowest BCUT2D eigenvalue weighted by atomic mass is 10.1. The normalized spacial score (nSPS) is 10.6. The summed E-state index contributed by atoms with van der Waals surface area (Å²) in [6, 6.07) is 5.15. The van der Waals surface area contributed by atoms with Crippen LogP contribution >= 0.6 is 45.2 Å². The van der Waals surface area contributed by atoms with Crippen LogP contribution in [0.3, 0.4) is 0 Å². The number of nitro benzene ring substituents is 1. The average molecular weight is 469 g/mol. The Morgan fingerprint density at radius 2 is 2.17 bits per heavy atom. The molecule has 0 saturated carbocycles. The summed E-state index contributed by atoms with van der Waals surface area (Å²) >= 11 is 4.39. The summed E-state index contributed by atoms with van der Waals surface area (Å²) < 4.78 is 3.96. The summed E-state index contributed by atoms with van der Waals surface area (Å²) in [6.45, 7) is 2.38. The molecule has 2 aromatic rings. The SMILES string of the molecule is Cc1c(Cn2cnc(I)c2I)cccc1[N+](=O)[O-]. The summed E-state index contributed by atoms with van der Waals surface area (Å²) in [7, 11) is 0. The molecule has 0 aliphatic heterocycles. The second kappa shape index (κ2) is 5.51. The Morgan fingerprint density at radius 1 is 1.44 bits per heavy atom. The van der Waals surface area contributed by atoms with Gasteiger partial charge in [0, 0.05) is 11.6 Å². The van der Waals surface area contributed by atoms with Crippen LogP contribution < -0.4 is 0 Å². The third-order valence-electron chi connectivity index (χ3n) is 2.69. The van der Waals surface area contributed by atoms with Gasteiger partial charge >= 0.3 is 0 Å². The first-order chi connectivity index (χ1) is 8.50. The zero-order chi connectivity index (χ0) is 13.3. The zero-order valence-electron chi connectivity index (χ0n) is 9.43. The van der Waals surface area contributed by atoms with Crippen molar-refractivity contribution in [2.24, 2.45) is 0 Å². The minimum atomic E-state index is -0.346. The number of hydrogen-bond donors (Lipinski definition) is 0. The highest BCUT2D eigenvalue weighted by Gasteiger charge is 2.14. The Labute approximate surface area is 131 Å². The highest BCUT2D eigenvalue weighted by Crippen LogP contribution is 2.23. The molecule has 94 valence electrons. The van der Waals surface area contributed by atoms with E-state index in [9.17, 15) is 10.1 Å². The maximum Gasteiger partial charge on any atom is 0.272 e. The summed E-state index contributed by atoms with van der Waals surface area (Å²) in [4.78, 5) is 14.7. The van der Waals surface area contributed by atoms with Gasteiger partial charge < -0.3 is 4.57 Å². The summed E-state index contributed by atoms with van der Waals surface area (Å²) in [6.07, 6.45) is 1.75. The second-order valence-electron chi connectivity index (χ2n) is 3.77. The van der Waals surface area contributed by atoms with Crippen molar-refractivity contribution < 1.29 is 4.92 Å². The van der Waals surface area contributed by atoms with Crippen LogP contribution in [0.15, 0.2) is 24.5 Å². The van der Waals surface area contributed by atoms with E-state index in [4.69, 9.17) is 0 Å². The molecule has 0 saturated heterocycles. The monoisotopic (exact) mass is 469 g/mol. The lowest BCUT2D eigenvalue weighted by Crippen LogP contribution is -2.04. The zero-order valence-corrected chi connectivity index (χ0v) is 13.7. The van der Waals surface area contributed by atoms with Crippen molar-refractivity contribution in [3.8, 4) is 0 Å². The lowest BCUT2D eigenvalue weighted by molar-refractivity contribution is -0.385. The minimum absolute atomic E-state index is 0.164. The van der Waals surface area contributed by atoms with E-state index in [-0.39, 0.29) is 10.6 Å². The molecule has 0 aliphatic rings. The van der Waals surface area contributed by atoms with Crippen molar-refractivity contribution in [3.63, 3.8) is 0 Å². The number of benzene rings is 1. The Bertz CT molecular complexity index is 610. The molecular weight excluding hydrogens is 460 g/mol. The third-order valence-corrected chi connectivity index (χ3v) is 5.64. The molecule has 1 heterocycles. The Balaban J connectivity index is 2.38. The molecule has 0 atom stereocenters. The topological polar surface area (TPSA) is 61.0 Å². The molecule has 1 aromatic carbocycles. The molecule has 0 fully saturated rings. The highest BCUT2D eigenvalue weighted by molar-refractivity contribution is 14.1. The fourth-order valence-corrected chi connectivity index (χ4v) is 2.54. The van der Waals surface area contributed by atoms with Gasteiger partial charge in [0.15, 0.2) is 0 Å². The fraction of sp³-hybridized carbons (Fsp3) is 0.182. The molecule has 7 heteroatoms. The average Bonchev–Trinajstić information content (AvgIpc) is 2.63. The molecule has 0 bridgehead atoms. The first-order valence-corrected chi connectivity index (χ1v) is 7.25. The standard InChI is InChI=1S/C11H9I2N3O2/c1-7-8(3-2-4-9(7)16(17)18)5-15-6-14-10(12)11(15)13/h2-4,6H,5H2,1H3. The van der Waals surface area contributed by atoms with Crippen LogP contribution in [0.5, 0.6) is 0 Å². The molecule has 5 nitrogen and oxygen atoms in total. The van der Waals surface area contributed by atoms with Gasteiger partial charge in [0.25, 0.3) is 5.69 Å². The highest BCUT2D eigenvalue weighted by atomic mass is 127. The van der Waals surface area contributed by atoms with E-state index in [0.29, 0.717) is 12.1 Å². The van der Waals surface area contributed by atoms with Gasteiger partial charge in [-0.3, -0.25) is 10.1 Å². The molecule has 0 amide bonds. The summed E-state index contributed by atoms with van der Waals surface area (Å²) in [5.74, 6) is 0. The quantitative estimate of drug-likeness (QED) is 0.394. The van der Waals surface area contributed by atoms with E-state index >= 15 is 0 Å². The van der Waals surface area contributed by atoms with Crippen LogP contribution in [-0.2, 0) is 6.54 Å². The summed E-state index contributed by atoms with van der Waals surface area (Å²) in [5, 5.41) is 10.9. The van der Waals surface area contributed by atoms with E-state index in [1.807, 2.05) is 10.6 Å². The van der Waals surface area contributed by atoms with Gasteiger partial charge in [0.1, 0.15) is 7.40 Å². The molecule has 0 unspecified atom stereocenters. The fourth-order valence-electron chi connectivity index (χ4n) is 1.68. The predicted molar refractivity (Wildman–Crippen MR) is 84.6 cm³/mol. The van der Waals surface area contributed by atoms with Gasteiger partial charge in [-0.25, -0.2) is 4.98 Å². The van der Waals surface area contributed by atoms with Crippen molar-refractivity contribution >= 4 is 50.9 Å². The van der Waals surface area contributed by atoms with Gasteiger partial charge in [0.2, 0.25) is 0 Å². The van der Waals surface area contributed by atoms with Crippen LogP contribution in [0.25, 0.3) is 0 Å². The van der Waals surface area contributed by atoms with Crippen LogP contribution in [0.1, 0.15) is 11.1 Å². The number of nitro groups is 1. The number of hydrogen-bond acceptors (Lipinski definition) is 3. The second-order valence-corrected chi connectivity index (χ2v) is 5.82. The molecule has 2 rings (SSSR count). The van der Waals surface area contributed by atoms with Crippen molar-refractivity contribution in [2.45, 2.75) is 13.5 Å². The molecule has 18 heavy (non-hydrogen) atoms. The molecule has 0 aliphatic carbocycles. The Kier molecular flexibility index (Phi) is 4.20. The molecule has 0 radical (unpaired) electrons. The van der Waals surface area contributed by atoms with E-state index in [1.165, 1.54) is 6.07 Å². The van der Waals surface area contributed by atoms with Crippen LogP contribution in [0.2, 0.25) is 0 Å². The number of nitrogens with zero attached hydrogens (tertiary/aromatic N) is 3.